The third-order valence-electron chi connectivity index (χ3n) is 7.40. The average molecular weight is 575 g/mol. The number of hydrogen-bond donors (Lipinski definition) is 2. The molecule has 2 aromatic rings. The zero-order valence-corrected chi connectivity index (χ0v) is 22.2. The predicted octanol–water partition coefficient (Wildman–Crippen LogP) is 5.15. The fourth-order valence-corrected chi connectivity index (χ4v) is 5.18. The topological polar surface area (TPSA) is 59.1 Å². The number of anilines is 2. The molecule has 1 amide bonds. The molecule has 12 heteroatoms. The first-order valence-electron chi connectivity index (χ1n) is 13.0. The van der Waals surface area contributed by atoms with Crippen molar-refractivity contribution in [1.29, 1.82) is 0 Å². The molecule has 0 aromatic heterocycles. The Hall–Kier alpha value is -2.47. The minimum atomic E-state index is -4.22. The van der Waals surface area contributed by atoms with E-state index in [1.165, 1.54) is 12.1 Å². The summed E-state index contributed by atoms with van der Waals surface area (Å²) in [7, 11) is 0. The first-order chi connectivity index (χ1) is 18.5. The molecule has 0 radical (unpaired) electrons. The van der Waals surface area contributed by atoms with E-state index >= 15 is 4.39 Å². The highest BCUT2D eigenvalue weighted by Crippen LogP contribution is 2.32. The molecule has 6 nitrogen and oxygen atoms in total. The van der Waals surface area contributed by atoms with E-state index in [-0.39, 0.29) is 31.2 Å². The Morgan fingerprint density at radius 3 is 2.31 bits per heavy atom. The number of alkyl halides is 3. The maximum Gasteiger partial charge on any atom is 0.390 e. The van der Waals surface area contributed by atoms with E-state index < -0.39 is 35.7 Å². The van der Waals surface area contributed by atoms with E-state index in [9.17, 15) is 27.5 Å². The van der Waals surface area contributed by atoms with Gasteiger partial charge in [0.05, 0.1) is 23.4 Å². The Morgan fingerprint density at radius 2 is 1.67 bits per heavy atom. The van der Waals surface area contributed by atoms with Gasteiger partial charge in [-0.3, -0.25) is 14.6 Å². The number of piperazine rings is 1. The number of rotatable bonds is 8. The predicted molar refractivity (Wildman–Crippen MR) is 140 cm³/mol. The van der Waals surface area contributed by atoms with Crippen LogP contribution in [0.3, 0.4) is 0 Å². The van der Waals surface area contributed by atoms with Gasteiger partial charge in [-0.05, 0) is 56.1 Å². The van der Waals surface area contributed by atoms with Crippen molar-refractivity contribution in [2.24, 2.45) is 5.92 Å². The van der Waals surface area contributed by atoms with E-state index in [0.717, 1.165) is 12.8 Å². The summed E-state index contributed by atoms with van der Waals surface area (Å²) in [5.74, 6) is -2.90. The van der Waals surface area contributed by atoms with Crippen molar-refractivity contribution < 1.29 is 31.9 Å². The van der Waals surface area contributed by atoms with Gasteiger partial charge in [0.1, 0.15) is 0 Å². The number of likely N-dealkylation sites (tertiary alicyclic amines) is 1. The van der Waals surface area contributed by atoms with Gasteiger partial charge in [-0.2, -0.15) is 13.2 Å². The molecule has 0 unspecified atom stereocenters. The Balaban J connectivity index is 1.42. The molecule has 2 aliphatic heterocycles. The number of amides is 1. The monoisotopic (exact) mass is 574 g/mol. The van der Waals surface area contributed by atoms with Gasteiger partial charge in [0, 0.05) is 56.5 Å². The standard InChI is InChI=1S/C27H32ClF5N4O2/c28-20-2-4-22(23(15-20)37-13-11-35(12-14-37)10-7-27(31,32)33)34-26(39)21-3-1-19(24(29)25(21)30)16-36-8-5-18(17-38)6-9-36/h1-4,15,18,38H,5-14,16-17H2,(H,34,39). The summed E-state index contributed by atoms with van der Waals surface area (Å²) < 4.78 is 67.6. The van der Waals surface area contributed by atoms with Crippen LogP contribution in [0.25, 0.3) is 0 Å². The van der Waals surface area contributed by atoms with Gasteiger partial charge in [0.15, 0.2) is 11.6 Å². The highest BCUT2D eigenvalue weighted by Gasteiger charge is 2.29. The molecule has 0 bridgehead atoms. The lowest BCUT2D eigenvalue weighted by Gasteiger charge is -2.37. The SMILES string of the molecule is O=C(Nc1ccc(Cl)cc1N1CCN(CCC(F)(F)F)CC1)c1ccc(CN2CCC(CO)CC2)c(F)c1F. The second-order valence-electron chi connectivity index (χ2n) is 10.1. The lowest BCUT2D eigenvalue weighted by molar-refractivity contribution is -0.138. The Labute approximate surface area is 229 Å². The quantitative estimate of drug-likeness (QED) is 0.427. The summed E-state index contributed by atoms with van der Waals surface area (Å²) in [6, 6.07) is 7.42. The van der Waals surface area contributed by atoms with Gasteiger partial charge in [-0.1, -0.05) is 17.7 Å². The zero-order valence-electron chi connectivity index (χ0n) is 21.4. The molecule has 0 saturated carbocycles. The summed E-state index contributed by atoms with van der Waals surface area (Å²) in [6.45, 7) is 3.20. The van der Waals surface area contributed by atoms with Crippen molar-refractivity contribution in [3.63, 3.8) is 0 Å². The van der Waals surface area contributed by atoms with Crippen LogP contribution in [0.4, 0.5) is 33.3 Å². The Kier molecular flexibility index (Phi) is 9.69. The van der Waals surface area contributed by atoms with Gasteiger partial charge in [-0.15, -0.1) is 0 Å². The molecule has 2 fully saturated rings. The van der Waals surface area contributed by atoms with E-state index in [1.54, 1.807) is 23.1 Å². The number of carbonyl (C=O) groups is 1. The first kappa shape index (κ1) is 29.5. The molecule has 2 aromatic carbocycles. The molecule has 0 atom stereocenters. The molecule has 2 aliphatic rings. The van der Waals surface area contributed by atoms with Crippen molar-refractivity contribution in [1.82, 2.24) is 9.80 Å². The van der Waals surface area contributed by atoms with Gasteiger partial charge in [0.25, 0.3) is 5.91 Å². The lowest BCUT2D eigenvalue weighted by Crippen LogP contribution is -2.47. The Morgan fingerprint density at radius 1 is 0.974 bits per heavy atom. The average Bonchev–Trinajstić information content (AvgIpc) is 2.91. The zero-order chi connectivity index (χ0) is 28.2. The van der Waals surface area contributed by atoms with Crippen LogP contribution in [-0.4, -0.2) is 79.4 Å². The van der Waals surface area contributed by atoms with Crippen LogP contribution < -0.4 is 10.2 Å². The minimum Gasteiger partial charge on any atom is -0.396 e. The fraction of sp³-hybridized carbons (Fsp3) is 0.519. The van der Waals surface area contributed by atoms with Crippen LogP contribution in [0, 0.1) is 17.6 Å². The van der Waals surface area contributed by atoms with Gasteiger partial charge < -0.3 is 15.3 Å². The molecule has 0 aliphatic carbocycles. The van der Waals surface area contributed by atoms with Crippen molar-refractivity contribution in [3.05, 3.63) is 58.1 Å². The molecular formula is C27H32ClF5N4O2. The highest BCUT2D eigenvalue weighted by atomic mass is 35.5. The molecular weight excluding hydrogens is 543 g/mol. The normalized spacial score (nSPS) is 18.0. The van der Waals surface area contributed by atoms with Crippen LogP contribution in [-0.2, 0) is 6.54 Å². The molecule has 39 heavy (non-hydrogen) atoms. The molecule has 2 N–H and O–H groups in total. The minimum absolute atomic E-state index is 0.0851. The van der Waals surface area contributed by atoms with E-state index in [2.05, 4.69) is 5.32 Å². The fourth-order valence-electron chi connectivity index (χ4n) is 5.01. The van der Waals surface area contributed by atoms with Crippen LogP contribution >= 0.6 is 11.6 Å². The third kappa shape index (κ3) is 7.81. The van der Waals surface area contributed by atoms with Crippen LogP contribution in [0.2, 0.25) is 5.02 Å². The largest absolute Gasteiger partial charge is 0.396 e. The number of nitrogens with zero attached hydrogens (tertiary/aromatic N) is 3. The van der Waals surface area contributed by atoms with Gasteiger partial charge in [-0.25, -0.2) is 8.78 Å². The molecule has 2 heterocycles. The third-order valence-corrected chi connectivity index (χ3v) is 7.63. The number of halogens is 6. The van der Waals surface area contributed by atoms with Crippen molar-refractivity contribution in [2.75, 3.05) is 62.6 Å². The van der Waals surface area contributed by atoms with Crippen molar-refractivity contribution >= 4 is 28.9 Å². The van der Waals surface area contributed by atoms with Crippen molar-refractivity contribution in [3.8, 4) is 0 Å². The molecule has 2 saturated heterocycles. The van der Waals surface area contributed by atoms with Crippen LogP contribution in [0.15, 0.2) is 30.3 Å². The van der Waals surface area contributed by atoms with E-state index in [0.29, 0.717) is 55.7 Å². The van der Waals surface area contributed by atoms with Gasteiger partial charge >= 0.3 is 6.18 Å². The second-order valence-corrected chi connectivity index (χ2v) is 10.5. The molecule has 214 valence electrons. The number of carbonyl (C=O) groups excluding carboxylic acids is 1. The van der Waals surface area contributed by atoms with E-state index in [4.69, 9.17) is 11.6 Å². The summed E-state index contributed by atoms with van der Waals surface area (Å²) >= 11 is 6.18. The van der Waals surface area contributed by atoms with E-state index in [1.807, 2.05) is 9.80 Å². The number of aliphatic hydroxyl groups excluding tert-OH is 1. The second kappa shape index (κ2) is 12.8. The lowest BCUT2D eigenvalue weighted by atomic mass is 9.97. The number of hydrogen-bond acceptors (Lipinski definition) is 5. The first-order valence-corrected chi connectivity index (χ1v) is 13.4. The molecule has 0 spiro atoms. The summed E-state index contributed by atoms with van der Waals surface area (Å²) in [6.07, 6.45) is -3.53. The summed E-state index contributed by atoms with van der Waals surface area (Å²) in [5.41, 5.74) is 0.606. The number of nitrogens with one attached hydrogen (secondary N) is 1. The van der Waals surface area contributed by atoms with Crippen molar-refractivity contribution in [2.45, 2.75) is 32.0 Å². The summed E-state index contributed by atoms with van der Waals surface area (Å²) in [4.78, 5) is 18.6. The summed E-state index contributed by atoms with van der Waals surface area (Å²) in [5, 5.41) is 12.3. The highest BCUT2D eigenvalue weighted by molar-refractivity contribution is 6.31. The number of aliphatic hydroxyl groups is 1. The smallest absolute Gasteiger partial charge is 0.390 e. The Bertz CT molecular complexity index is 1150. The van der Waals surface area contributed by atoms with Crippen LogP contribution in [0.5, 0.6) is 0 Å². The maximum atomic E-state index is 15.0. The van der Waals surface area contributed by atoms with Crippen LogP contribution in [0.1, 0.15) is 35.2 Å². The molecule has 4 rings (SSSR count). The number of benzene rings is 2. The maximum absolute atomic E-state index is 15.0. The van der Waals surface area contributed by atoms with Gasteiger partial charge in [0.2, 0.25) is 0 Å². The number of piperidine rings is 1.